The zero-order valence-electron chi connectivity index (χ0n) is 9.94. The van der Waals surface area contributed by atoms with Gasteiger partial charge in [0.2, 0.25) is 0 Å². The predicted octanol–water partition coefficient (Wildman–Crippen LogP) is 0.637. The lowest BCUT2D eigenvalue weighted by molar-refractivity contribution is -0.140. The van der Waals surface area contributed by atoms with Crippen molar-refractivity contribution in [2.24, 2.45) is 0 Å². The van der Waals surface area contributed by atoms with Gasteiger partial charge in [0.15, 0.2) is 0 Å². The van der Waals surface area contributed by atoms with Gasteiger partial charge >= 0.3 is 5.97 Å². The molecule has 0 radical (unpaired) electrons. The Labute approximate surface area is 101 Å². The topological polar surface area (TPSA) is 77.8 Å². The van der Waals surface area contributed by atoms with Crippen molar-refractivity contribution in [3.8, 4) is 6.26 Å². The molecule has 6 nitrogen and oxygen atoms in total. The van der Waals surface area contributed by atoms with Crippen LogP contribution in [0.2, 0.25) is 0 Å². The van der Waals surface area contributed by atoms with Gasteiger partial charge in [0, 0.05) is 5.57 Å². The Morgan fingerprint density at radius 3 is 2.18 bits per heavy atom. The Hall–Kier alpha value is -1.58. The lowest BCUT2D eigenvalue weighted by atomic mass is 10.4. The molecule has 0 aromatic carbocycles. The van der Waals surface area contributed by atoms with Gasteiger partial charge < -0.3 is 18.9 Å². The van der Waals surface area contributed by atoms with Gasteiger partial charge in [-0.1, -0.05) is 6.58 Å². The van der Waals surface area contributed by atoms with Crippen LogP contribution >= 0.6 is 0 Å². The summed E-state index contributed by atoms with van der Waals surface area (Å²) in [5.41, 5.74) is 0.367. The van der Waals surface area contributed by atoms with Crippen molar-refractivity contribution in [3.63, 3.8) is 0 Å². The van der Waals surface area contributed by atoms with Crippen LogP contribution in [-0.4, -0.2) is 45.6 Å². The minimum Gasteiger partial charge on any atom is -0.460 e. The highest BCUT2D eigenvalue weighted by atomic mass is 16.6. The van der Waals surface area contributed by atoms with E-state index < -0.39 is 5.97 Å². The second-order valence-electron chi connectivity index (χ2n) is 3.08. The van der Waals surface area contributed by atoms with Gasteiger partial charge in [-0.15, -0.1) is 0 Å². The molecule has 0 saturated carbocycles. The molecule has 0 saturated heterocycles. The summed E-state index contributed by atoms with van der Waals surface area (Å²) in [6, 6.07) is 0. The van der Waals surface area contributed by atoms with E-state index in [9.17, 15) is 4.79 Å². The van der Waals surface area contributed by atoms with Crippen LogP contribution in [0.25, 0.3) is 0 Å². The minimum absolute atomic E-state index is 0.198. The van der Waals surface area contributed by atoms with Gasteiger partial charge in [0.1, 0.15) is 13.2 Å². The van der Waals surface area contributed by atoms with Gasteiger partial charge in [-0.25, -0.2) is 4.79 Å². The molecule has 0 aliphatic rings. The van der Waals surface area contributed by atoms with Gasteiger partial charge in [0.25, 0.3) is 6.26 Å². The number of ether oxygens (including phenoxy) is 4. The highest BCUT2D eigenvalue weighted by molar-refractivity contribution is 5.86. The molecule has 0 N–H and O–H groups in total. The normalized spacial score (nSPS) is 9.41. The number of hydrogen-bond donors (Lipinski definition) is 0. The monoisotopic (exact) mass is 243 g/mol. The van der Waals surface area contributed by atoms with Crippen molar-refractivity contribution in [1.29, 1.82) is 5.26 Å². The molecule has 0 rings (SSSR count). The highest BCUT2D eigenvalue weighted by Gasteiger charge is 2.01. The second kappa shape index (κ2) is 10.9. The lowest BCUT2D eigenvalue weighted by Gasteiger charge is -2.06. The first kappa shape index (κ1) is 15.4. The molecule has 0 aromatic heterocycles. The number of hydrogen-bond acceptors (Lipinski definition) is 6. The summed E-state index contributed by atoms with van der Waals surface area (Å²) in [6.45, 7) is 6.94. The van der Waals surface area contributed by atoms with Crippen LogP contribution in [0.3, 0.4) is 0 Å². The predicted molar refractivity (Wildman–Crippen MR) is 59.0 cm³/mol. The van der Waals surface area contributed by atoms with Crippen LogP contribution in [0, 0.1) is 11.5 Å². The van der Waals surface area contributed by atoms with Gasteiger partial charge in [0.05, 0.1) is 26.4 Å². The van der Waals surface area contributed by atoms with Gasteiger partial charge in [-0.05, 0) is 6.92 Å². The van der Waals surface area contributed by atoms with E-state index in [2.05, 4.69) is 11.3 Å². The van der Waals surface area contributed by atoms with Crippen molar-refractivity contribution in [1.82, 2.24) is 0 Å². The quantitative estimate of drug-likeness (QED) is 0.242. The summed E-state index contributed by atoms with van der Waals surface area (Å²) in [5, 5.41) is 8.05. The molecule has 0 bridgehead atoms. The summed E-state index contributed by atoms with van der Waals surface area (Å²) >= 11 is 0. The molecule has 0 spiro atoms. The molecule has 0 aromatic rings. The molecular formula is C11H17NO5. The summed E-state index contributed by atoms with van der Waals surface area (Å²) in [5.74, 6) is -0.418. The molecule has 17 heavy (non-hydrogen) atoms. The minimum atomic E-state index is -0.418. The fourth-order valence-corrected chi connectivity index (χ4v) is 0.785. The average molecular weight is 243 g/mol. The van der Waals surface area contributed by atoms with Crippen LogP contribution in [0.5, 0.6) is 0 Å². The first-order valence-electron chi connectivity index (χ1n) is 5.17. The maximum Gasteiger partial charge on any atom is 0.333 e. The van der Waals surface area contributed by atoms with Crippen LogP contribution in [-0.2, 0) is 23.7 Å². The summed E-state index contributed by atoms with van der Waals surface area (Å²) in [4.78, 5) is 10.9. The maximum atomic E-state index is 10.9. The number of nitriles is 1. The molecule has 0 aliphatic carbocycles. The van der Waals surface area contributed by atoms with Crippen molar-refractivity contribution in [2.45, 2.75) is 6.92 Å². The SMILES string of the molecule is C=C(C)C(=O)OCCOCCOCCOC#N. The third kappa shape index (κ3) is 10.7. The standard InChI is InChI=1S/C11H17NO5/c1-10(2)11(13)17-8-7-15-4-3-14-5-6-16-9-12/h1,3-8H2,2H3. The summed E-state index contributed by atoms with van der Waals surface area (Å²) in [7, 11) is 0. The number of esters is 1. The Morgan fingerprint density at radius 2 is 1.65 bits per heavy atom. The highest BCUT2D eigenvalue weighted by Crippen LogP contribution is 1.91. The van der Waals surface area contributed by atoms with E-state index in [1.807, 2.05) is 0 Å². The first-order valence-corrected chi connectivity index (χ1v) is 5.17. The first-order chi connectivity index (χ1) is 8.18. The summed E-state index contributed by atoms with van der Waals surface area (Å²) in [6.07, 6.45) is 1.54. The fraction of sp³-hybridized carbons (Fsp3) is 0.636. The number of nitrogens with zero attached hydrogens (tertiary/aromatic N) is 1. The second-order valence-corrected chi connectivity index (χ2v) is 3.08. The van der Waals surface area contributed by atoms with E-state index in [1.54, 1.807) is 6.92 Å². The van der Waals surface area contributed by atoms with E-state index in [0.29, 0.717) is 32.0 Å². The van der Waals surface area contributed by atoms with Crippen LogP contribution < -0.4 is 0 Å². The lowest BCUT2D eigenvalue weighted by Crippen LogP contribution is -2.13. The van der Waals surface area contributed by atoms with Crippen molar-refractivity contribution in [3.05, 3.63) is 12.2 Å². The van der Waals surface area contributed by atoms with E-state index in [4.69, 9.17) is 19.5 Å². The zero-order chi connectivity index (χ0) is 12.9. The van der Waals surface area contributed by atoms with Crippen molar-refractivity contribution < 1.29 is 23.7 Å². The molecule has 0 amide bonds. The van der Waals surface area contributed by atoms with E-state index in [0.717, 1.165) is 0 Å². The summed E-state index contributed by atoms with van der Waals surface area (Å²) < 4.78 is 19.4. The Morgan fingerprint density at radius 1 is 1.12 bits per heavy atom. The van der Waals surface area contributed by atoms with Crippen LogP contribution in [0.1, 0.15) is 6.92 Å². The van der Waals surface area contributed by atoms with Crippen LogP contribution in [0.15, 0.2) is 12.2 Å². The van der Waals surface area contributed by atoms with Crippen molar-refractivity contribution in [2.75, 3.05) is 39.6 Å². The Balaban J connectivity index is 3.12. The van der Waals surface area contributed by atoms with Crippen molar-refractivity contribution >= 4 is 5.97 Å². The van der Waals surface area contributed by atoms with Crippen LogP contribution in [0.4, 0.5) is 0 Å². The molecule has 6 heteroatoms. The molecule has 0 fully saturated rings. The molecule has 0 unspecified atom stereocenters. The fourth-order valence-electron chi connectivity index (χ4n) is 0.785. The Bertz CT molecular complexity index is 272. The molecule has 0 heterocycles. The van der Waals surface area contributed by atoms with E-state index >= 15 is 0 Å². The number of carbonyl (C=O) groups is 1. The largest absolute Gasteiger partial charge is 0.460 e. The number of rotatable bonds is 10. The van der Waals surface area contributed by atoms with E-state index in [-0.39, 0.29) is 13.2 Å². The zero-order valence-corrected chi connectivity index (χ0v) is 9.94. The third-order valence-electron chi connectivity index (χ3n) is 1.58. The van der Waals surface area contributed by atoms with Gasteiger partial charge in [-0.2, -0.15) is 5.26 Å². The molecular weight excluding hydrogens is 226 g/mol. The third-order valence-corrected chi connectivity index (χ3v) is 1.58. The molecule has 0 aliphatic heterocycles. The smallest absolute Gasteiger partial charge is 0.333 e. The maximum absolute atomic E-state index is 10.9. The average Bonchev–Trinajstić information content (AvgIpc) is 2.31. The van der Waals surface area contributed by atoms with Gasteiger partial charge in [-0.3, -0.25) is 0 Å². The van der Waals surface area contributed by atoms with E-state index in [1.165, 1.54) is 6.26 Å². The molecule has 96 valence electrons. The Kier molecular flexibility index (Phi) is 9.91. The molecule has 0 atom stereocenters. The number of carbonyl (C=O) groups excluding carboxylic acids is 1.